The molecule has 2 rings (SSSR count). The fourth-order valence-corrected chi connectivity index (χ4v) is 3.02. The Bertz CT molecular complexity index is 392. The summed E-state index contributed by atoms with van der Waals surface area (Å²) in [6.07, 6.45) is 2.66. The zero-order valence-corrected chi connectivity index (χ0v) is 9.17. The van der Waals surface area contributed by atoms with E-state index in [4.69, 9.17) is 5.73 Å². The van der Waals surface area contributed by atoms with Crippen molar-refractivity contribution in [3.8, 4) is 0 Å². The van der Waals surface area contributed by atoms with E-state index in [-0.39, 0.29) is 0 Å². The molecule has 1 aliphatic heterocycles. The third-order valence-electron chi connectivity index (χ3n) is 2.54. The number of nitrogens with zero attached hydrogens (tertiary/aromatic N) is 1. The Hall–Kier alpha value is -1.03. The molecule has 0 aliphatic carbocycles. The van der Waals surface area contributed by atoms with Gasteiger partial charge in [-0.1, -0.05) is 6.07 Å². The summed E-state index contributed by atoms with van der Waals surface area (Å²) in [5, 5.41) is 0. The van der Waals surface area contributed by atoms with Gasteiger partial charge >= 0.3 is 0 Å². The normalized spacial score (nSPS) is 22.1. The summed E-state index contributed by atoms with van der Waals surface area (Å²) in [5.74, 6) is 0. The van der Waals surface area contributed by atoms with Crippen LogP contribution in [0.1, 0.15) is 12.5 Å². The summed E-state index contributed by atoms with van der Waals surface area (Å²) in [7, 11) is -0.963. The van der Waals surface area contributed by atoms with Gasteiger partial charge in [0, 0.05) is 18.0 Å². The SMILES string of the molecule is CC1Cc2ccc(N)cc2N1S(C)=O. The van der Waals surface area contributed by atoms with Gasteiger partial charge in [-0.2, -0.15) is 0 Å². The zero-order chi connectivity index (χ0) is 10.3. The minimum Gasteiger partial charge on any atom is -0.399 e. The third-order valence-corrected chi connectivity index (χ3v) is 3.65. The molecule has 4 heteroatoms. The van der Waals surface area contributed by atoms with Crippen molar-refractivity contribution >= 4 is 22.4 Å². The van der Waals surface area contributed by atoms with Crippen LogP contribution in [-0.2, 0) is 17.4 Å². The molecule has 2 atom stereocenters. The van der Waals surface area contributed by atoms with Crippen LogP contribution in [0.2, 0.25) is 0 Å². The topological polar surface area (TPSA) is 46.3 Å². The van der Waals surface area contributed by atoms with Gasteiger partial charge in [0.05, 0.1) is 5.69 Å². The lowest BCUT2D eigenvalue weighted by molar-refractivity contribution is 0.674. The minimum atomic E-state index is -0.963. The van der Waals surface area contributed by atoms with Crippen LogP contribution in [0.4, 0.5) is 11.4 Å². The zero-order valence-electron chi connectivity index (χ0n) is 8.36. The molecule has 1 aromatic rings. The molecule has 1 aromatic carbocycles. The van der Waals surface area contributed by atoms with E-state index in [0.717, 1.165) is 17.8 Å². The van der Waals surface area contributed by atoms with Crippen molar-refractivity contribution in [1.29, 1.82) is 0 Å². The summed E-state index contributed by atoms with van der Waals surface area (Å²) >= 11 is 0. The highest BCUT2D eigenvalue weighted by molar-refractivity contribution is 7.85. The monoisotopic (exact) mass is 210 g/mol. The van der Waals surface area contributed by atoms with Crippen molar-refractivity contribution in [3.63, 3.8) is 0 Å². The maximum absolute atomic E-state index is 11.5. The van der Waals surface area contributed by atoms with Crippen molar-refractivity contribution in [2.75, 3.05) is 16.3 Å². The Morgan fingerprint density at radius 1 is 1.57 bits per heavy atom. The van der Waals surface area contributed by atoms with Crippen LogP contribution in [0.15, 0.2) is 18.2 Å². The van der Waals surface area contributed by atoms with Gasteiger partial charge in [0.1, 0.15) is 11.0 Å². The Morgan fingerprint density at radius 3 is 2.93 bits per heavy atom. The summed E-state index contributed by atoms with van der Waals surface area (Å²) in [4.78, 5) is 0. The Morgan fingerprint density at radius 2 is 2.29 bits per heavy atom. The molecular formula is C10H14N2OS. The van der Waals surface area contributed by atoms with Gasteiger partial charge in [-0.25, -0.2) is 4.21 Å². The van der Waals surface area contributed by atoms with Crippen molar-refractivity contribution in [2.24, 2.45) is 0 Å². The van der Waals surface area contributed by atoms with Gasteiger partial charge in [0.15, 0.2) is 0 Å². The first-order valence-corrected chi connectivity index (χ1v) is 6.12. The summed E-state index contributed by atoms with van der Waals surface area (Å²) in [6.45, 7) is 2.08. The van der Waals surface area contributed by atoms with Crippen LogP contribution in [0.5, 0.6) is 0 Å². The Labute approximate surface area is 86.5 Å². The maximum atomic E-state index is 11.5. The molecule has 0 aromatic heterocycles. The largest absolute Gasteiger partial charge is 0.399 e. The molecule has 0 radical (unpaired) electrons. The number of benzene rings is 1. The minimum absolute atomic E-state index is 0.303. The average Bonchev–Trinajstić information content (AvgIpc) is 2.40. The second-order valence-corrected chi connectivity index (χ2v) is 4.93. The van der Waals surface area contributed by atoms with Crippen molar-refractivity contribution in [3.05, 3.63) is 23.8 Å². The molecule has 3 nitrogen and oxygen atoms in total. The number of rotatable bonds is 1. The molecule has 2 N–H and O–H groups in total. The standard InChI is InChI=1S/C10H14N2OS/c1-7-5-8-3-4-9(11)6-10(8)12(7)14(2)13/h3-4,6-7H,5,11H2,1-2H3. The number of fused-ring (bicyclic) bond motifs is 1. The lowest BCUT2D eigenvalue weighted by Crippen LogP contribution is -2.30. The van der Waals surface area contributed by atoms with E-state index in [1.807, 2.05) is 22.5 Å². The molecular weight excluding hydrogens is 196 g/mol. The smallest absolute Gasteiger partial charge is 0.116 e. The molecule has 0 amide bonds. The first-order chi connectivity index (χ1) is 6.59. The predicted molar refractivity (Wildman–Crippen MR) is 60.6 cm³/mol. The van der Waals surface area contributed by atoms with E-state index in [9.17, 15) is 4.21 Å². The van der Waals surface area contributed by atoms with Crippen molar-refractivity contribution in [1.82, 2.24) is 0 Å². The summed E-state index contributed by atoms with van der Waals surface area (Å²) in [5.41, 5.74) is 8.71. The van der Waals surface area contributed by atoms with Gasteiger partial charge in [-0.3, -0.25) is 4.31 Å². The molecule has 0 saturated carbocycles. The number of nitrogen functional groups attached to an aromatic ring is 1. The van der Waals surface area contributed by atoms with Crippen LogP contribution < -0.4 is 10.0 Å². The van der Waals surface area contributed by atoms with Crippen molar-refractivity contribution in [2.45, 2.75) is 19.4 Å². The maximum Gasteiger partial charge on any atom is 0.116 e. The summed E-state index contributed by atoms with van der Waals surface area (Å²) in [6, 6.07) is 6.12. The van der Waals surface area contributed by atoms with Gasteiger partial charge < -0.3 is 5.73 Å². The first-order valence-electron chi connectivity index (χ1n) is 4.61. The van der Waals surface area contributed by atoms with E-state index in [0.29, 0.717) is 6.04 Å². The van der Waals surface area contributed by atoms with Crippen LogP contribution >= 0.6 is 0 Å². The Kier molecular flexibility index (Phi) is 2.23. The molecule has 0 bridgehead atoms. The average molecular weight is 210 g/mol. The number of nitrogens with two attached hydrogens (primary N) is 1. The molecule has 0 spiro atoms. The molecule has 2 unspecified atom stereocenters. The highest BCUT2D eigenvalue weighted by Gasteiger charge is 2.28. The molecule has 1 aliphatic rings. The molecule has 14 heavy (non-hydrogen) atoms. The number of hydrogen-bond acceptors (Lipinski definition) is 2. The van der Waals surface area contributed by atoms with Gasteiger partial charge in [-0.15, -0.1) is 0 Å². The number of hydrogen-bond donors (Lipinski definition) is 1. The quantitative estimate of drug-likeness (QED) is 0.710. The second kappa shape index (κ2) is 3.28. The fourth-order valence-electron chi connectivity index (χ4n) is 1.99. The Balaban J connectivity index is 2.49. The molecule has 0 fully saturated rings. The fraction of sp³-hybridized carbons (Fsp3) is 0.400. The van der Waals surface area contributed by atoms with Crippen LogP contribution in [-0.4, -0.2) is 16.5 Å². The van der Waals surface area contributed by atoms with Gasteiger partial charge in [0.25, 0.3) is 0 Å². The lowest BCUT2D eigenvalue weighted by Gasteiger charge is -2.21. The van der Waals surface area contributed by atoms with Crippen molar-refractivity contribution < 1.29 is 4.21 Å². The molecule has 1 heterocycles. The first kappa shape index (κ1) is 9.52. The van der Waals surface area contributed by atoms with Crippen LogP contribution in [0.3, 0.4) is 0 Å². The highest BCUT2D eigenvalue weighted by atomic mass is 32.2. The highest BCUT2D eigenvalue weighted by Crippen LogP contribution is 2.34. The van der Waals surface area contributed by atoms with Crippen LogP contribution in [0, 0.1) is 0 Å². The number of anilines is 2. The van der Waals surface area contributed by atoms with Gasteiger partial charge in [-0.05, 0) is 31.0 Å². The molecule has 76 valence electrons. The van der Waals surface area contributed by atoms with E-state index in [2.05, 4.69) is 6.92 Å². The second-order valence-electron chi connectivity index (χ2n) is 3.69. The van der Waals surface area contributed by atoms with E-state index >= 15 is 0 Å². The summed E-state index contributed by atoms with van der Waals surface area (Å²) < 4.78 is 13.4. The van der Waals surface area contributed by atoms with E-state index in [1.54, 1.807) is 6.26 Å². The predicted octanol–water partition coefficient (Wildman–Crippen LogP) is 1.31. The van der Waals surface area contributed by atoms with Gasteiger partial charge in [0.2, 0.25) is 0 Å². The lowest BCUT2D eigenvalue weighted by atomic mass is 10.1. The van der Waals surface area contributed by atoms with E-state index < -0.39 is 11.0 Å². The van der Waals surface area contributed by atoms with Crippen LogP contribution in [0.25, 0.3) is 0 Å². The third kappa shape index (κ3) is 1.39. The molecule has 0 saturated heterocycles. The van der Waals surface area contributed by atoms with E-state index in [1.165, 1.54) is 5.56 Å².